The van der Waals surface area contributed by atoms with Crippen LogP contribution in [0.25, 0.3) is 22.8 Å². The molecule has 1 aliphatic heterocycles. The molecule has 0 radical (unpaired) electrons. The Morgan fingerprint density at radius 2 is 2.12 bits per heavy atom. The molecule has 0 aliphatic carbocycles. The molecule has 0 unspecified atom stereocenters. The van der Waals surface area contributed by atoms with Gasteiger partial charge in [0.2, 0.25) is 5.82 Å². The number of anilines is 1. The molecule has 3 aromatic rings. The maximum Gasteiger partial charge on any atom is 0.259 e. The number of nitriles is 1. The third-order valence-corrected chi connectivity index (χ3v) is 6.22. The highest BCUT2D eigenvalue weighted by atomic mass is 16.5. The second-order valence-corrected chi connectivity index (χ2v) is 8.59. The van der Waals surface area contributed by atoms with Crippen LogP contribution in [0.2, 0.25) is 0 Å². The molecule has 1 atom stereocenters. The van der Waals surface area contributed by atoms with Crippen molar-refractivity contribution in [2.24, 2.45) is 0 Å². The molecule has 1 aromatic carbocycles. The summed E-state index contributed by atoms with van der Waals surface area (Å²) in [6.45, 7) is 6.76. The van der Waals surface area contributed by atoms with Crippen LogP contribution in [-0.2, 0) is 12.8 Å². The Labute approximate surface area is 199 Å². The topological polar surface area (TPSA) is 131 Å². The van der Waals surface area contributed by atoms with Gasteiger partial charge in [0.05, 0.1) is 23.8 Å². The van der Waals surface area contributed by atoms with Crippen molar-refractivity contribution in [3.63, 3.8) is 0 Å². The first-order valence-electron chi connectivity index (χ1n) is 11.6. The van der Waals surface area contributed by atoms with Crippen molar-refractivity contribution in [1.82, 2.24) is 20.0 Å². The van der Waals surface area contributed by atoms with Gasteiger partial charge in [0.25, 0.3) is 5.89 Å². The van der Waals surface area contributed by atoms with Crippen molar-refractivity contribution >= 4 is 5.82 Å². The van der Waals surface area contributed by atoms with Crippen LogP contribution in [0.1, 0.15) is 35.6 Å². The molecule has 1 aliphatic rings. The second-order valence-electron chi connectivity index (χ2n) is 8.59. The zero-order chi connectivity index (χ0) is 24.1. The molecule has 0 amide bonds. The van der Waals surface area contributed by atoms with Gasteiger partial charge < -0.3 is 25.0 Å². The minimum absolute atomic E-state index is 0.226. The largest absolute Gasteiger partial charge is 0.394 e. The number of pyridine rings is 1. The highest BCUT2D eigenvalue weighted by Crippen LogP contribution is 2.30. The zero-order valence-electron chi connectivity index (χ0n) is 19.6. The molecule has 3 heterocycles. The molecule has 0 bridgehead atoms. The lowest BCUT2D eigenvalue weighted by Crippen LogP contribution is -2.36. The predicted octanol–water partition coefficient (Wildman–Crippen LogP) is 2.55. The fourth-order valence-electron chi connectivity index (χ4n) is 4.34. The van der Waals surface area contributed by atoms with E-state index in [4.69, 9.17) is 9.63 Å². The number of aliphatic hydroxyl groups is 2. The molecular formula is C25H30N6O3. The first kappa shape index (κ1) is 23.8. The number of nitrogens with zero attached hydrogens (tertiary/aromatic N) is 5. The van der Waals surface area contributed by atoms with E-state index in [1.807, 2.05) is 6.07 Å². The van der Waals surface area contributed by atoms with Crippen LogP contribution in [0.4, 0.5) is 5.82 Å². The molecule has 0 fully saturated rings. The number of benzene rings is 1. The fraction of sp³-hybridized carbons (Fsp3) is 0.440. The van der Waals surface area contributed by atoms with Crippen LogP contribution in [-0.4, -0.2) is 69.1 Å². The van der Waals surface area contributed by atoms with E-state index < -0.39 is 6.10 Å². The summed E-state index contributed by atoms with van der Waals surface area (Å²) in [5, 5.41) is 35.8. The highest BCUT2D eigenvalue weighted by molar-refractivity contribution is 5.67. The van der Waals surface area contributed by atoms with Gasteiger partial charge in [-0.15, -0.1) is 0 Å². The van der Waals surface area contributed by atoms with E-state index in [1.165, 1.54) is 11.1 Å². The van der Waals surface area contributed by atoms with Crippen molar-refractivity contribution in [2.45, 2.75) is 39.2 Å². The van der Waals surface area contributed by atoms with Gasteiger partial charge in [-0.2, -0.15) is 10.2 Å². The molecule has 0 saturated carbocycles. The molecular weight excluding hydrogens is 432 g/mol. The number of aliphatic hydroxyl groups excluding tert-OH is 2. The Hall–Kier alpha value is -3.32. The summed E-state index contributed by atoms with van der Waals surface area (Å²) < 4.78 is 5.53. The van der Waals surface area contributed by atoms with E-state index in [-0.39, 0.29) is 6.61 Å². The number of fused-ring (bicyclic) bond motifs is 1. The second kappa shape index (κ2) is 10.7. The number of β-amino-alcohol motifs (C(OH)–C–C–N with tert-alkyl or cyclic N) is 1. The molecule has 34 heavy (non-hydrogen) atoms. The summed E-state index contributed by atoms with van der Waals surface area (Å²) in [4.78, 5) is 11.1. The van der Waals surface area contributed by atoms with E-state index in [0.29, 0.717) is 35.2 Å². The molecule has 9 heteroatoms. The molecule has 178 valence electrons. The predicted molar refractivity (Wildman–Crippen MR) is 128 cm³/mol. The highest BCUT2D eigenvalue weighted by Gasteiger charge is 2.21. The van der Waals surface area contributed by atoms with Crippen LogP contribution >= 0.6 is 0 Å². The third-order valence-electron chi connectivity index (χ3n) is 6.22. The molecule has 9 nitrogen and oxygen atoms in total. The number of rotatable bonds is 8. The summed E-state index contributed by atoms with van der Waals surface area (Å²) >= 11 is 0. The Morgan fingerprint density at radius 1 is 1.29 bits per heavy atom. The fourth-order valence-corrected chi connectivity index (χ4v) is 4.34. The molecule has 0 spiro atoms. The minimum atomic E-state index is -0.719. The quantitative estimate of drug-likeness (QED) is 0.462. The van der Waals surface area contributed by atoms with Gasteiger partial charge in [-0.05, 0) is 48.9 Å². The lowest BCUT2D eigenvalue weighted by Gasteiger charge is -2.21. The van der Waals surface area contributed by atoms with Crippen molar-refractivity contribution in [2.75, 3.05) is 38.1 Å². The van der Waals surface area contributed by atoms with Gasteiger partial charge in [-0.25, -0.2) is 4.98 Å². The van der Waals surface area contributed by atoms with E-state index >= 15 is 0 Å². The Balaban J connectivity index is 1.57. The van der Waals surface area contributed by atoms with Gasteiger partial charge in [0, 0.05) is 37.9 Å². The van der Waals surface area contributed by atoms with Crippen molar-refractivity contribution in [3.05, 3.63) is 46.6 Å². The van der Waals surface area contributed by atoms with E-state index in [9.17, 15) is 10.4 Å². The van der Waals surface area contributed by atoms with Crippen LogP contribution in [0.15, 0.2) is 28.9 Å². The summed E-state index contributed by atoms with van der Waals surface area (Å²) in [5.41, 5.74) is 5.61. The summed E-state index contributed by atoms with van der Waals surface area (Å²) in [5.74, 6) is 1.37. The standard InChI is InChI=1S/C25H30N6O3/c1-3-8-27-23-18(12-26)11-19(13-28-23)25-29-24(30-34-25)22-5-4-17-6-9-31(14-20(33)15-32)10-7-21(17)16(22)2/h4-5,11,13,20,32-33H,3,6-10,14-15H2,1-2H3,(H,27,28)/t20-/m0/s1. The van der Waals surface area contributed by atoms with Crippen LogP contribution in [0, 0.1) is 18.3 Å². The summed E-state index contributed by atoms with van der Waals surface area (Å²) in [6, 6.07) is 8.02. The molecule has 3 N–H and O–H groups in total. The lowest BCUT2D eigenvalue weighted by molar-refractivity contribution is 0.0604. The average Bonchev–Trinajstić information content (AvgIpc) is 3.25. The van der Waals surface area contributed by atoms with Crippen molar-refractivity contribution < 1.29 is 14.7 Å². The van der Waals surface area contributed by atoms with Crippen LogP contribution in [0.3, 0.4) is 0 Å². The number of aromatic nitrogens is 3. The maximum atomic E-state index is 9.80. The third kappa shape index (κ3) is 5.09. The monoisotopic (exact) mass is 462 g/mol. The summed E-state index contributed by atoms with van der Waals surface area (Å²) in [6.07, 6.45) is 3.58. The molecule has 0 saturated heterocycles. The van der Waals surface area contributed by atoms with E-state index in [1.54, 1.807) is 12.3 Å². The first-order chi connectivity index (χ1) is 16.5. The smallest absolute Gasteiger partial charge is 0.259 e. The Bertz CT molecular complexity index is 1190. The van der Waals surface area contributed by atoms with E-state index in [2.05, 4.69) is 51.3 Å². The number of hydrogen-bond acceptors (Lipinski definition) is 9. The minimum Gasteiger partial charge on any atom is -0.394 e. The Morgan fingerprint density at radius 3 is 2.88 bits per heavy atom. The Kier molecular flexibility index (Phi) is 7.53. The van der Waals surface area contributed by atoms with Gasteiger partial charge in [-0.1, -0.05) is 24.2 Å². The van der Waals surface area contributed by atoms with Gasteiger partial charge >= 0.3 is 0 Å². The average molecular weight is 463 g/mol. The number of hydrogen-bond donors (Lipinski definition) is 3. The lowest BCUT2D eigenvalue weighted by atomic mass is 9.93. The zero-order valence-corrected chi connectivity index (χ0v) is 19.6. The molecule has 2 aromatic heterocycles. The normalized spacial score (nSPS) is 14.8. The first-order valence-corrected chi connectivity index (χ1v) is 11.6. The van der Waals surface area contributed by atoms with Gasteiger partial charge in [0.1, 0.15) is 11.9 Å². The van der Waals surface area contributed by atoms with Gasteiger partial charge in [0.15, 0.2) is 0 Å². The van der Waals surface area contributed by atoms with Crippen molar-refractivity contribution in [1.29, 1.82) is 5.26 Å². The number of nitrogens with one attached hydrogen (secondary N) is 1. The molecule has 4 rings (SSSR count). The SMILES string of the molecule is CCCNc1ncc(-c2nc(-c3ccc4c(c3C)CCN(C[C@H](O)CO)CC4)no2)cc1C#N. The van der Waals surface area contributed by atoms with E-state index in [0.717, 1.165) is 50.0 Å². The maximum absolute atomic E-state index is 9.80. The van der Waals surface area contributed by atoms with Crippen LogP contribution in [0.5, 0.6) is 0 Å². The summed E-state index contributed by atoms with van der Waals surface area (Å²) in [7, 11) is 0. The van der Waals surface area contributed by atoms with Gasteiger partial charge in [-0.3, -0.25) is 0 Å². The van der Waals surface area contributed by atoms with Crippen molar-refractivity contribution in [3.8, 4) is 28.9 Å². The van der Waals surface area contributed by atoms with Crippen LogP contribution < -0.4 is 5.32 Å².